The van der Waals surface area contributed by atoms with Crippen molar-refractivity contribution in [2.45, 2.75) is 20.8 Å². The molecule has 0 saturated carbocycles. The van der Waals surface area contributed by atoms with Gasteiger partial charge in [0, 0.05) is 0 Å². The molecule has 0 atom stereocenters. The van der Waals surface area contributed by atoms with E-state index in [9.17, 15) is 0 Å². The number of benzene rings is 2. The number of hydrogen-bond acceptors (Lipinski definition) is 0. The second kappa shape index (κ2) is 3.90. The van der Waals surface area contributed by atoms with E-state index in [4.69, 9.17) is 0 Å². The number of rotatable bonds is 1. The van der Waals surface area contributed by atoms with Gasteiger partial charge in [0.05, 0.1) is 0 Å². The lowest BCUT2D eigenvalue weighted by atomic mass is 9.98. The van der Waals surface area contributed by atoms with Gasteiger partial charge in [0.2, 0.25) is 0 Å². The lowest BCUT2D eigenvalue weighted by molar-refractivity contribution is 1.37. The Bertz CT molecular complexity index is 481. The first-order valence-corrected chi connectivity index (χ1v) is 5.31. The molecule has 0 amide bonds. The van der Waals surface area contributed by atoms with E-state index < -0.39 is 0 Å². The molecule has 76 valence electrons. The van der Waals surface area contributed by atoms with Gasteiger partial charge in [-0.1, -0.05) is 53.6 Å². The van der Waals surface area contributed by atoms with Gasteiger partial charge in [-0.2, -0.15) is 0 Å². The van der Waals surface area contributed by atoms with Crippen LogP contribution in [0.3, 0.4) is 0 Å². The molecule has 2 aromatic carbocycles. The fourth-order valence-corrected chi connectivity index (χ4v) is 1.95. The van der Waals surface area contributed by atoms with Crippen LogP contribution < -0.4 is 0 Å². The van der Waals surface area contributed by atoms with Crippen molar-refractivity contribution in [2.24, 2.45) is 0 Å². The Morgan fingerprint density at radius 1 is 0.733 bits per heavy atom. The van der Waals surface area contributed by atoms with Gasteiger partial charge < -0.3 is 0 Å². The molecule has 0 aliphatic carbocycles. The molecule has 0 nitrogen and oxygen atoms in total. The van der Waals surface area contributed by atoms with Crippen molar-refractivity contribution >= 4 is 0 Å². The summed E-state index contributed by atoms with van der Waals surface area (Å²) in [5.74, 6) is 0. The van der Waals surface area contributed by atoms with Crippen molar-refractivity contribution in [3.8, 4) is 11.1 Å². The van der Waals surface area contributed by atoms with Gasteiger partial charge in [-0.3, -0.25) is 0 Å². The first-order valence-electron chi connectivity index (χ1n) is 5.31. The van der Waals surface area contributed by atoms with Gasteiger partial charge in [-0.25, -0.2) is 0 Å². The highest BCUT2D eigenvalue weighted by molar-refractivity contribution is 5.68. The lowest BCUT2D eigenvalue weighted by Crippen LogP contribution is -1.85. The molecular formula is C15H16. The number of hydrogen-bond donors (Lipinski definition) is 0. The van der Waals surface area contributed by atoms with Crippen LogP contribution in [0.15, 0.2) is 42.5 Å². The summed E-state index contributed by atoms with van der Waals surface area (Å²) in [6.07, 6.45) is 0. The fraction of sp³-hybridized carbons (Fsp3) is 0.200. The molecule has 2 aromatic rings. The van der Waals surface area contributed by atoms with Crippen LogP contribution in [0, 0.1) is 20.8 Å². The zero-order valence-corrected chi connectivity index (χ0v) is 9.54. The Morgan fingerprint density at radius 2 is 1.47 bits per heavy atom. The molecule has 0 spiro atoms. The van der Waals surface area contributed by atoms with Crippen molar-refractivity contribution in [1.29, 1.82) is 0 Å². The van der Waals surface area contributed by atoms with E-state index in [2.05, 4.69) is 63.2 Å². The molecule has 0 aliphatic rings. The van der Waals surface area contributed by atoms with Crippen LogP contribution in [0.4, 0.5) is 0 Å². The normalized spacial score (nSPS) is 10.3. The van der Waals surface area contributed by atoms with Crippen molar-refractivity contribution in [3.05, 3.63) is 59.2 Å². The largest absolute Gasteiger partial charge is 0.0614 e. The Morgan fingerprint density at radius 3 is 2.13 bits per heavy atom. The molecule has 0 bridgehead atoms. The first-order chi connectivity index (χ1) is 7.16. The highest BCUT2D eigenvalue weighted by Crippen LogP contribution is 2.24. The summed E-state index contributed by atoms with van der Waals surface area (Å²) in [4.78, 5) is 0. The summed E-state index contributed by atoms with van der Waals surface area (Å²) in [5.41, 5.74) is 6.63. The Kier molecular flexibility index (Phi) is 2.59. The van der Waals surface area contributed by atoms with E-state index in [1.165, 1.54) is 27.8 Å². The van der Waals surface area contributed by atoms with Crippen LogP contribution in [-0.2, 0) is 0 Å². The van der Waals surface area contributed by atoms with Crippen molar-refractivity contribution in [3.63, 3.8) is 0 Å². The molecule has 0 heterocycles. The second-order valence-electron chi connectivity index (χ2n) is 4.19. The summed E-state index contributed by atoms with van der Waals surface area (Å²) >= 11 is 0. The van der Waals surface area contributed by atoms with Crippen LogP contribution in [0.2, 0.25) is 0 Å². The van der Waals surface area contributed by atoms with E-state index in [1.807, 2.05) is 0 Å². The van der Waals surface area contributed by atoms with Crippen LogP contribution in [0.1, 0.15) is 16.7 Å². The van der Waals surface area contributed by atoms with Crippen LogP contribution in [-0.4, -0.2) is 0 Å². The van der Waals surface area contributed by atoms with Crippen molar-refractivity contribution < 1.29 is 0 Å². The molecule has 0 heteroatoms. The second-order valence-corrected chi connectivity index (χ2v) is 4.19. The minimum Gasteiger partial charge on any atom is -0.0614 e. The third-order valence-electron chi connectivity index (χ3n) is 2.71. The van der Waals surface area contributed by atoms with E-state index >= 15 is 0 Å². The average molecular weight is 196 g/mol. The minimum absolute atomic E-state index is 1.31. The van der Waals surface area contributed by atoms with Gasteiger partial charge in [-0.15, -0.1) is 0 Å². The molecule has 0 radical (unpaired) electrons. The molecule has 0 fully saturated rings. The van der Waals surface area contributed by atoms with E-state index in [0.29, 0.717) is 0 Å². The predicted molar refractivity (Wildman–Crippen MR) is 66.1 cm³/mol. The van der Waals surface area contributed by atoms with E-state index in [1.54, 1.807) is 0 Å². The smallest absolute Gasteiger partial charge is 0.0154 e. The monoisotopic (exact) mass is 196 g/mol. The molecule has 0 N–H and O–H groups in total. The van der Waals surface area contributed by atoms with Gasteiger partial charge in [-0.05, 0) is 37.5 Å². The molecule has 0 saturated heterocycles. The van der Waals surface area contributed by atoms with E-state index in [-0.39, 0.29) is 0 Å². The van der Waals surface area contributed by atoms with Crippen LogP contribution in [0.25, 0.3) is 11.1 Å². The topological polar surface area (TPSA) is 0 Å². The van der Waals surface area contributed by atoms with Crippen molar-refractivity contribution in [1.82, 2.24) is 0 Å². The predicted octanol–water partition coefficient (Wildman–Crippen LogP) is 4.28. The quantitative estimate of drug-likeness (QED) is 0.638. The van der Waals surface area contributed by atoms with Crippen molar-refractivity contribution in [2.75, 3.05) is 0 Å². The van der Waals surface area contributed by atoms with Gasteiger partial charge in [0.15, 0.2) is 0 Å². The first kappa shape index (κ1) is 9.97. The Hall–Kier alpha value is -1.56. The Balaban J connectivity index is 2.54. The average Bonchev–Trinajstić information content (AvgIpc) is 2.17. The summed E-state index contributed by atoms with van der Waals surface area (Å²) in [7, 11) is 0. The highest BCUT2D eigenvalue weighted by atomic mass is 14.1. The maximum atomic E-state index is 2.23. The Labute approximate surface area is 91.6 Å². The number of aryl methyl sites for hydroxylation is 3. The third kappa shape index (κ3) is 2.10. The van der Waals surface area contributed by atoms with Crippen LogP contribution in [0.5, 0.6) is 0 Å². The minimum atomic E-state index is 1.31. The molecular weight excluding hydrogens is 180 g/mol. The molecule has 2 rings (SSSR count). The molecule has 15 heavy (non-hydrogen) atoms. The summed E-state index contributed by atoms with van der Waals surface area (Å²) in [6.45, 7) is 6.44. The van der Waals surface area contributed by atoms with Gasteiger partial charge in [0.1, 0.15) is 0 Å². The zero-order chi connectivity index (χ0) is 10.8. The molecule has 0 aliphatic heterocycles. The third-order valence-corrected chi connectivity index (χ3v) is 2.71. The maximum absolute atomic E-state index is 2.23. The SMILES string of the molecule is Cc1cccc(-c2ccc(C)cc2C)c1. The van der Waals surface area contributed by atoms with Crippen LogP contribution >= 0.6 is 0 Å². The summed E-state index contributed by atoms with van der Waals surface area (Å²) in [6, 6.07) is 15.3. The van der Waals surface area contributed by atoms with Gasteiger partial charge >= 0.3 is 0 Å². The van der Waals surface area contributed by atoms with E-state index in [0.717, 1.165) is 0 Å². The highest BCUT2D eigenvalue weighted by Gasteiger charge is 2.01. The lowest BCUT2D eigenvalue weighted by Gasteiger charge is -2.07. The molecule has 0 unspecified atom stereocenters. The van der Waals surface area contributed by atoms with Gasteiger partial charge in [0.25, 0.3) is 0 Å². The summed E-state index contributed by atoms with van der Waals surface area (Å²) in [5, 5.41) is 0. The standard InChI is InChI=1S/C15H16/c1-11-5-4-6-14(10-11)15-8-7-12(2)9-13(15)3/h4-10H,1-3H3. The molecule has 0 aromatic heterocycles. The summed E-state index contributed by atoms with van der Waals surface area (Å²) < 4.78 is 0. The fourth-order valence-electron chi connectivity index (χ4n) is 1.95. The maximum Gasteiger partial charge on any atom is -0.0154 e. The zero-order valence-electron chi connectivity index (χ0n) is 9.54.